The van der Waals surface area contributed by atoms with Gasteiger partial charge in [0.1, 0.15) is 17.2 Å². The highest BCUT2D eigenvalue weighted by atomic mass is 16.5. The zero-order valence-corrected chi connectivity index (χ0v) is 35.1. The number of rotatable bonds is 6. The third-order valence-corrected chi connectivity index (χ3v) is 12.8. The zero-order chi connectivity index (χ0) is 42.6. The minimum atomic E-state index is -0.769. The highest BCUT2D eigenvalue weighted by Crippen LogP contribution is 2.61. The van der Waals surface area contributed by atoms with Gasteiger partial charge in [0, 0.05) is 28.5 Å². The van der Waals surface area contributed by atoms with Crippen LogP contribution in [0.15, 0.2) is 225 Å². The summed E-state index contributed by atoms with van der Waals surface area (Å²) in [7, 11) is 0. The first kappa shape index (κ1) is 37.4. The van der Waals surface area contributed by atoms with Crippen molar-refractivity contribution in [3.63, 3.8) is 0 Å². The van der Waals surface area contributed by atoms with Crippen LogP contribution in [0.5, 0.6) is 23.1 Å². The highest BCUT2D eigenvalue weighted by Gasteiger charge is 2.51. The van der Waals surface area contributed by atoms with Crippen molar-refractivity contribution >= 4 is 0 Å². The zero-order valence-electron chi connectivity index (χ0n) is 35.1. The van der Waals surface area contributed by atoms with Crippen molar-refractivity contribution in [1.29, 1.82) is 0 Å². The van der Waals surface area contributed by atoms with Crippen LogP contribution >= 0.6 is 0 Å². The molecule has 0 aliphatic carbocycles. The molecule has 2 aliphatic rings. The quantitative estimate of drug-likeness (QED) is 0.168. The van der Waals surface area contributed by atoms with E-state index in [9.17, 15) is 0 Å². The molecular weight excluding hydrogens is 781 g/mol. The molecule has 0 radical (unpaired) electrons. The summed E-state index contributed by atoms with van der Waals surface area (Å²) in [5.74, 6) is 3.46. The van der Waals surface area contributed by atoms with Gasteiger partial charge in [-0.25, -0.2) is 4.98 Å². The Balaban J connectivity index is 1.12. The van der Waals surface area contributed by atoms with Gasteiger partial charge in [-0.3, -0.25) is 0 Å². The van der Waals surface area contributed by atoms with Crippen molar-refractivity contribution in [2.45, 2.75) is 12.3 Å². The van der Waals surface area contributed by atoms with Crippen LogP contribution in [0.2, 0.25) is 0 Å². The number of aryl methyl sites for hydroxylation is 1. The Hall–Kier alpha value is -8.34. The Morgan fingerprint density at radius 3 is 1.33 bits per heavy atom. The predicted octanol–water partition coefficient (Wildman–Crippen LogP) is 15.4. The molecule has 64 heavy (non-hydrogen) atoms. The lowest BCUT2D eigenvalue weighted by molar-refractivity contribution is 0.388. The maximum absolute atomic E-state index is 6.83. The first-order valence-electron chi connectivity index (χ1n) is 21.7. The molecule has 2 aliphatic heterocycles. The molecule has 4 nitrogen and oxygen atoms in total. The Morgan fingerprint density at radius 1 is 0.359 bits per heavy atom. The maximum atomic E-state index is 6.83. The summed E-state index contributed by atoms with van der Waals surface area (Å²) in [4.78, 5) is 10.7. The standard InChI is InChI=1S/C60H40N2O2/c1-39-34-35-44(56-47(41-22-8-3-9-23-41)37-46(40-20-6-2-7-21-40)55(42-24-10-4-11-25-42)57(56)43-26-12-5-13-27-43)36-45(39)58-61-38-51-59(62-58)64-54-33-19-16-30-50(54)60(51)48-28-14-17-31-52(48)63-53-32-18-15-29-49(53)60/h2-38H,1H3. The van der Waals surface area contributed by atoms with Crippen LogP contribution in [0.25, 0.3) is 67.0 Å². The van der Waals surface area contributed by atoms with E-state index in [-0.39, 0.29) is 0 Å². The molecule has 0 saturated heterocycles. The van der Waals surface area contributed by atoms with Crippen molar-refractivity contribution in [3.05, 3.63) is 252 Å². The molecule has 10 aromatic rings. The van der Waals surface area contributed by atoms with Crippen LogP contribution < -0.4 is 9.47 Å². The van der Waals surface area contributed by atoms with Gasteiger partial charge in [-0.2, -0.15) is 4.98 Å². The number of nitrogens with zero attached hydrogens (tertiary/aromatic N) is 2. The predicted molar refractivity (Wildman–Crippen MR) is 258 cm³/mol. The van der Waals surface area contributed by atoms with Crippen molar-refractivity contribution in [1.82, 2.24) is 9.97 Å². The first-order valence-corrected chi connectivity index (χ1v) is 21.7. The molecule has 9 aromatic carbocycles. The third kappa shape index (κ3) is 5.91. The Bertz CT molecular complexity index is 3320. The van der Waals surface area contributed by atoms with E-state index in [0.717, 1.165) is 95.1 Å². The Morgan fingerprint density at radius 2 is 0.797 bits per heavy atom. The summed E-state index contributed by atoms with van der Waals surface area (Å²) in [5.41, 5.74) is 16.6. The molecule has 0 saturated carbocycles. The van der Waals surface area contributed by atoms with Gasteiger partial charge in [-0.1, -0.05) is 188 Å². The molecule has 0 bridgehead atoms. The average molecular weight is 821 g/mol. The van der Waals surface area contributed by atoms with Crippen molar-refractivity contribution in [2.24, 2.45) is 0 Å². The molecule has 0 unspecified atom stereocenters. The summed E-state index contributed by atoms with van der Waals surface area (Å²) in [6, 6.07) is 77.1. The van der Waals surface area contributed by atoms with Crippen LogP contribution in [0.1, 0.15) is 27.8 Å². The van der Waals surface area contributed by atoms with Crippen molar-refractivity contribution in [2.75, 3.05) is 0 Å². The molecule has 12 rings (SSSR count). The summed E-state index contributed by atoms with van der Waals surface area (Å²) < 4.78 is 13.4. The van der Waals surface area contributed by atoms with Gasteiger partial charge < -0.3 is 9.47 Å². The normalized spacial score (nSPS) is 12.8. The average Bonchev–Trinajstić information content (AvgIpc) is 3.37. The molecule has 1 aromatic heterocycles. The first-order chi connectivity index (χ1) is 31.7. The Kier molecular flexibility index (Phi) is 8.91. The molecular formula is C60H40N2O2. The van der Waals surface area contributed by atoms with Gasteiger partial charge in [0.05, 0.1) is 11.0 Å². The monoisotopic (exact) mass is 820 g/mol. The van der Waals surface area contributed by atoms with Crippen LogP contribution in [-0.2, 0) is 5.41 Å². The number of hydrogen-bond acceptors (Lipinski definition) is 4. The molecule has 302 valence electrons. The van der Waals surface area contributed by atoms with Crippen LogP contribution in [0, 0.1) is 6.92 Å². The summed E-state index contributed by atoms with van der Waals surface area (Å²) >= 11 is 0. The smallest absolute Gasteiger partial charge is 0.227 e. The molecule has 4 heteroatoms. The van der Waals surface area contributed by atoms with E-state index in [2.05, 4.69) is 189 Å². The van der Waals surface area contributed by atoms with E-state index in [4.69, 9.17) is 19.4 Å². The summed E-state index contributed by atoms with van der Waals surface area (Å²) in [6.07, 6.45) is 1.98. The molecule has 3 heterocycles. The number of aromatic nitrogens is 2. The minimum Gasteiger partial charge on any atom is -0.457 e. The summed E-state index contributed by atoms with van der Waals surface area (Å²) in [5, 5.41) is 0. The van der Waals surface area contributed by atoms with Crippen LogP contribution in [0.4, 0.5) is 0 Å². The van der Waals surface area contributed by atoms with Gasteiger partial charge in [0.2, 0.25) is 5.88 Å². The second kappa shape index (κ2) is 15.2. The van der Waals surface area contributed by atoms with Gasteiger partial charge in [0.25, 0.3) is 0 Å². The topological polar surface area (TPSA) is 44.2 Å². The lowest BCUT2D eigenvalue weighted by Crippen LogP contribution is -2.37. The van der Waals surface area contributed by atoms with E-state index >= 15 is 0 Å². The van der Waals surface area contributed by atoms with E-state index in [1.165, 1.54) is 11.1 Å². The van der Waals surface area contributed by atoms with Crippen LogP contribution in [0.3, 0.4) is 0 Å². The van der Waals surface area contributed by atoms with Crippen molar-refractivity contribution < 1.29 is 9.47 Å². The number of benzene rings is 9. The van der Waals surface area contributed by atoms with Gasteiger partial charge >= 0.3 is 0 Å². The van der Waals surface area contributed by atoms with E-state index in [1.54, 1.807) is 0 Å². The lowest BCUT2D eigenvalue weighted by atomic mass is 9.63. The number of para-hydroxylation sites is 3. The van der Waals surface area contributed by atoms with Crippen molar-refractivity contribution in [3.8, 4) is 90.2 Å². The fourth-order valence-electron chi connectivity index (χ4n) is 10.0. The summed E-state index contributed by atoms with van der Waals surface area (Å²) in [6.45, 7) is 2.13. The molecule has 0 amide bonds. The molecule has 0 fully saturated rings. The molecule has 1 spiro atoms. The van der Waals surface area contributed by atoms with E-state index < -0.39 is 5.41 Å². The van der Waals surface area contributed by atoms with Gasteiger partial charge in [-0.15, -0.1) is 0 Å². The number of hydrogen-bond donors (Lipinski definition) is 0. The lowest BCUT2D eigenvalue weighted by Gasteiger charge is -2.44. The maximum Gasteiger partial charge on any atom is 0.227 e. The Labute approximate surface area is 372 Å². The second-order valence-electron chi connectivity index (χ2n) is 16.4. The second-order valence-corrected chi connectivity index (χ2v) is 16.4. The highest BCUT2D eigenvalue weighted by molar-refractivity contribution is 6.07. The fraction of sp³-hybridized carbons (Fsp3) is 0.0333. The van der Waals surface area contributed by atoms with E-state index in [1.807, 2.05) is 42.6 Å². The minimum absolute atomic E-state index is 0.522. The third-order valence-electron chi connectivity index (χ3n) is 12.8. The van der Waals surface area contributed by atoms with Gasteiger partial charge in [-0.05, 0) is 98.5 Å². The van der Waals surface area contributed by atoms with Gasteiger partial charge in [0.15, 0.2) is 5.82 Å². The molecule has 0 atom stereocenters. The number of ether oxygens (including phenoxy) is 2. The molecule has 0 N–H and O–H groups in total. The van der Waals surface area contributed by atoms with Crippen LogP contribution in [-0.4, -0.2) is 9.97 Å². The largest absolute Gasteiger partial charge is 0.457 e. The SMILES string of the molecule is Cc1ccc(-c2c(-c3ccccc3)cc(-c3ccccc3)c(-c3ccccc3)c2-c2ccccc2)cc1-c1ncc2c(n1)Oc1ccccc1C21c2ccccc2Oc2ccccc21. The fourth-order valence-corrected chi connectivity index (χ4v) is 10.0. The number of fused-ring (bicyclic) bond motifs is 8. The van der Waals surface area contributed by atoms with E-state index in [0.29, 0.717) is 11.7 Å².